The van der Waals surface area contributed by atoms with Crippen LogP contribution >= 0.6 is 11.6 Å². The maximum atomic E-state index is 12.5. The number of carboxylic acid groups (broad SMARTS) is 1. The third-order valence-electron chi connectivity index (χ3n) is 1.87. The molecule has 0 amide bonds. The Labute approximate surface area is 107 Å². The van der Waals surface area contributed by atoms with E-state index in [4.69, 9.17) is 16.7 Å². The summed E-state index contributed by atoms with van der Waals surface area (Å²) in [7, 11) is 0. The van der Waals surface area contributed by atoms with Crippen LogP contribution in [0.2, 0.25) is 0 Å². The number of ether oxygens (including phenoxy) is 1. The van der Waals surface area contributed by atoms with Crippen LogP contribution in [0.5, 0.6) is 5.75 Å². The van der Waals surface area contributed by atoms with E-state index in [1.54, 1.807) is 0 Å². The largest absolute Gasteiger partial charge is 0.573 e. The van der Waals surface area contributed by atoms with Gasteiger partial charge >= 0.3 is 12.3 Å². The van der Waals surface area contributed by atoms with Crippen molar-refractivity contribution in [1.29, 1.82) is 0 Å². The van der Waals surface area contributed by atoms with Crippen LogP contribution in [-0.2, 0) is 5.88 Å². The summed E-state index contributed by atoms with van der Waals surface area (Å²) in [5.74, 6) is -3.48. The zero-order valence-corrected chi connectivity index (χ0v) is 9.60. The van der Waals surface area contributed by atoms with Crippen molar-refractivity contribution in [1.82, 2.24) is 4.98 Å². The van der Waals surface area contributed by atoms with Gasteiger partial charge in [-0.3, -0.25) is 0 Å². The van der Waals surface area contributed by atoms with E-state index >= 15 is 0 Å². The maximum Gasteiger partial charge on any atom is 0.573 e. The summed E-state index contributed by atoms with van der Waals surface area (Å²) in [6.07, 6.45) is -8.64. The van der Waals surface area contributed by atoms with Gasteiger partial charge in [-0.2, -0.15) is 0 Å². The van der Waals surface area contributed by atoms with Crippen LogP contribution in [0.25, 0.3) is 0 Å². The van der Waals surface area contributed by atoms with E-state index in [0.29, 0.717) is 6.07 Å². The highest BCUT2D eigenvalue weighted by Crippen LogP contribution is 2.33. The standard InChI is InChI=1S/C9H5ClF5NO3/c10-2-3-1-4(19-9(13,14)15)6(7(11)12)16-5(3)8(17)18/h1,7H,2H2,(H,17,18). The van der Waals surface area contributed by atoms with Gasteiger partial charge in [0.25, 0.3) is 6.43 Å². The average Bonchev–Trinajstić information content (AvgIpc) is 2.25. The van der Waals surface area contributed by atoms with Gasteiger partial charge in [0.15, 0.2) is 11.4 Å². The van der Waals surface area contributed by atoms with Crippen molar-refractivity contribution in [2.45, 2.75) is 18.7 Å². The number of hydrogen-bond acceptors (Lipinski definition) is 3. The summed E-state index contributed by atoms with van der Waals surface area (Å²) in [5, 5.41) is 8.70. The number of carboxylic acids is 1. The quantitative estimate of drug-likeness (QED) is 0.684. The number of pyridine rings is 1. The van der Waals surface area contributed by atoms with Crippen LogP contribution in [0.1, 0.15) is 28.2 Å². The second-order valence-electron chi connectivity index (χ2n) is 3.17. The van der Waals surface area contributed by atoms with E-state index in [2.05, 4.69) is 9.72 Å². The molecule has 0 saturated carbocycles. The van der Waals surface area contributed by atoms with E-state index in [1.807, 2.05) is 0 Å². The van der Waals surface area contributed by atoms with Crippen LogP contribution in [0, 0.1) is 0 Å². The fourth-order valence-electron chi connectivity index (χ4n) is 1.20. The molecule has 4 nitrogen and oxygen atoms in total. The van der Waals surface area contributed by atoms with Crippen molar-refractivity contribution in [2.75, 3.05) is 0 Å². The predicted octanol–water partition coefficient (Wildman–Crippen LogP) is 3.35. The Morgan fingerprint density at radius 1 is 1.47 bits per heavy atom. The fraction of sp³-hybridized carbons (Fsp3) is 0.333. The van der Waals surface area contributed by atoms with E-state index in [-0.39, 0.29) is 5.56 Å². The van der Waals surface area contributed by atoms with Crippen molar-refractivity contribution in [3.63, 3.8) is 0 Å². The van der Waals surface area contributed by atoms with Gasteiger partial charge in [-0.1, -0.05) is 0 Å². The van der Waals surface area contributed by atoms with Crippen LogP contribution in [0.3, 0.4) is 0 Å². The zero-order valence-electron chi connectivity index (χ0n) is 8.84. The van der Waals surface area contributed by atoms with Gasteiger partial charge in [0, 0.05) is 11.4 Å². The van der Waals surface area contributed by atoms with Crippen LogP contribution in [0.4, 0.5) is 22.0 Å². The Kier molecular flexibility index (Phi) is 4.51. The Hall–Kier alpha value is -1.64. The lowest BCUT2D eigenvalue weighted by Crippen LogP contribution is -2.20. The smallest absolute Gasteiger partial charge is 0.477 e. The molecule has 1 heterocycles. The summed E-state index contributed by atoms with van der Waals surface area (Å²) in [5.41, 5.74) is -2.62. The van der Waals surface area contributed by atoms with E-state index in [1.165, 1.54) is 0 Å². The summed E-state index contributed by atoms with van der Waals surface area (Å²) < 4.78 is 64.6. The molecule has 1 N–H and O–H groups in total. The number of alkyl halides is 6. The van der Waals surface area contributed by atoms with Gasteiger partial charge in [-0.05, 0) is 6.07 Å². The molecule has 0 aliphatic carbocycles. The third kappa shape index (κ3) is 3.91. The monoisotopic (exact) mass is 305 g/mol. The van der Waals surface area contributed by atoms with Gasteiger partial charge in [0.2, 0.25) is 0 Å². The van der Waals surface area contributed by atoms with Crippen molar-refractivity contribution in [3.05, 3.63) is 23.0 Å². The molecule has 19 heavy (non-hydrogen) atoms. The number of hydrogen-bond donors (Lipinski definition) is 1. The van der Waals surface area contributed by atoms with Crippen molar-refractivity contribution >= 4 is 17.6 Å². The first-order chi connectivity index (χ1) is 8.65. The lowest BCUT2D eigenvalue weighted by atomic mass is 10.2. The molecule has 106 valence electrons. The SMILES string of the molecule is O=C(O)c1nc(C(F)F)c(OC(F)(F)F)cc1CCl. The molecule has 1 aromatic heterocycles. The van der Waals surface area contributed by atoms with Crippen molar-refractivity contribution in [2.24, 2.45) is 0 Å². The molecule has 0 spiro atoms. The molecule has 1 rings (SSSR count). The highest BCUT2D eigenvalue weighted by Gasteiger charge is 2.34. The first kappa shape index (κ1) is 15.4. The number of carbonyl (C=O) groups is 1. The molecule has 0 unspecified atom stereocenters. The predicted molar refractivity (Wildman–Crippen MR) is 52.4 cm³/mol. The highest BCUT2D eigenvalue weighted by molar-refractivity contribution is 6.17. The highest BCUT2D eigenvalue weighted by atomic mass is 35.5. The minimum Gasteiger partial charge on any atom is -0.477 e. The molecular weight excluding hydrogens is 301 g/mol. The minimum absolute atomic E-state index is 0.363. The van der Waals surface area contributed by atoms with E-state index < -0.39 is 41.8 Å². The number of nitrogens with zero attached hydrogens (tertiary/aromatic N) is 1. The molecule has 10 heteroatoms. The zero-order chi connectivity index (χ0) is 14.8. The Bertz CT molecular complexity index is 491. The number of aromatic nitrogens is 1. The molecule has 0 saturated heterocycles. The number of aromatic carboxylic acids is 1. The first-order valence-electron chi connectivity index (χ1n) is 4.52. The average molecular weight is 306 g/mol. The topological polar surface area (TPSA) is 59.4 Å². The molecule has 0 bridgehead atoms. The molecule has 0 aromatic carbocycles. The molecule has 0 radical (unpaired) electrons. The molecule has 0 aliphatic rings. The summed E-state index contributed by atoms with van der Waals surface area (Å²) >= 11 is 5.32. The normalized spacial score (nSPS) is 11.7. The summed E-state index contributed by atoms with van der Waals surface area (Å²) in [6, 6.07) is 0.485. The van der Waals surface area contributed by atoms with Crippen LogP contribution in [0.15, 0.2) is 6.07 Å². The van der Waals surface area contributed by atoms with Gasteiger partial charge in [0.1, 0.15) is 5.69 Å². The molecule has 0 atom stereocenters. The molecule has 0 aliphatic heterocycles. The Balaban J connectivity index is 3.40. The molecular formula is C9H5ClF5NO3. The van der Waals surface area contributed by atoms with Gasteiger partial charge < -0.3 is 9.84 Å². The van der Waals surface area contributed by atoms with Gasteiger partial charge in [0.05, 0.1) is 0 Å². The summed E-state index contributed by atoms with van der Waals surface area (Å²) in [6.45, 7) is 0. The lowest BCUT2D eigenvalue weighted by Gasteiger charge is -2.14. The van der Waals surface area contributed by atoms with Gasteiger partial charge in [-0.25, -0.2) is 18.6 Å². The third-order valence-corrected chi connectivity index (χ3v) is 2.16. The van der Waals surface area contributed by atoms with E-state index in [0.717, 1.165) is 0 Å². The Morgan fingerprint density at radius 2 is 2.05 bits per heavy atom. The maximum absolute atomic E-state index is 12.5. The van der Waals surface area contributed by atoms with Crippen LogP contribution < -0.4 is 4.74 Å². The lowest BCUT2D eigenvalue weighted by molar-refractivity contribution is -0.275. The minimum atomic E-state index is -5.21. The van der Waals surface area contributed by atoms with E-state index in [9.17, 15) is 26.7 Å². The number of halogens is 6. The first-order valence-corrected chi connectivity index (χ1v) is 5.06. The summed E-state index contributed by atoms with van der Waals surface area (Å²) in [4.78, 5) is 13.7. The van der Waals surface area contributed by atoms with Crippen molar-refractivity contribution in [3.8, 4) is 5.75 Å². The Morgan fingerprint density at radius 3 is 2.42 bits per heavy atom. The van der Waals surface area contributed by atoms with Gasteiger partial charge in [-0.15, -0.1) is 24.8 Å². The fourth-order valence-corrected chi connectivity index (χ4v) is 1.40. The second kappa shape index (κ2) is 5.55. The van der Waals surface area contributed by atoms with Crippen LogP contribution in [-0.4, -0.2) is 22.4 Å². The molecule has 0 fully saturated rings. The molecule has 1 aromatic rings. The number of rotatable bonds is 4. The second-order valence-corrected chi connectivity index (χ2v) is 3.43. The van der Waals surface area contributed by atoms with Crippen molar-refractivity contribution < 1.29 is 36.6 Å².